The molecule has 2 aromatic heterocycles. The number of carbonyl (C=O) groups is 2. The van der Waals surface area contributed by atoms with Crippen LogP contribution in [0.25, 0.3) is 0 Å². The lowest BCUT2D eigenvalue weighted by molar-refractivity contribution is -0.123. The number of hydrogen-bond acceptors (Lipinski definition) is 4. The average molecular weight is 424 g/mol. The fourth-order valence-corrected chi connectivity index (χ4v) is 5.46. The highest BCUT2D eigenvalue weighted by Gasteiger charge is 2.37. The van der Waals surface area contributed by atoms with Gasteiger partial charge in [-0.15, -0.1) is 0 Å². The zero-order chi connectivity index (χ0) is 21.6. The molecule has 5 N–H and O–H groups in total. The Bertz CT molecular complexity index is 863. The van der Waals surface area contributed by atoms with Gasteiger partial charge in [-0.3, -0.25) is 9.59 Å². The Morgan fingerprint density at radius 3 is 2.74 bits per heavy atom. The minimum absolute atomic E-state index is 0.144. The molecular formula is C24H33N5O2. The Balaban J connectivity index is 1.44. The van der Waals surface area contributed by atoms with Gasteiger partial charge in [-0.05, 0) is 54.4 Å². The van der Waals surface area contributed by atoms with E-state index in [0.29, 0.717) is 36.3 Å². The molecule has 2 aliphatic carbocycles. The minimum atomic E-state index is -0.553. The predicted octanol–water partition coefficient (Wildman–Crippen LogP) is 3.40. The zero-order valence-corrected chi connectivity index (χ0v) is 18.0. The summed E-state index contributed by atoms with van der Waals surface area (Å²) >= 11 is 0. The van der Waals surface area contributed by atoms with Crippen LogP contribution >= 0.6 is 0 Å². The van der Waals surface area contributed by atoms with E-state index in [9.17, 15) is 9.59 Å². The van der Waals surface area contributed by atoms with Gasteiger partial charge in [0, 0.05) is 18.9 Å². The van der Waals surface area contributed by atoms with Crippen molar-refractivity contribution in [3.05, 3.63) is 47.9 Å². The standard InChI is InChI=1S/C24H33N5O2/c25-22-11-10-16(14-27-22)15-28-23(30)21(29-24(31)20-9-4-12-26-20)13-18-7-3-6-17-5-1-2-8-19(17)18/h4,9-12,14,17-19,21,26H,1-3,5-8,13,15H2,(H2,25,27)(H,28,30)(H,29,31)/t17?,18?,19?,21-/m0/s1. The first-order valence-corrected chi connectivity index (χ1v) is 11.5. The number of anilines is 1. The van der Waals surface area contributed by atoms with E-state index < -0.39 is 6.04 Å². The first-order chi connectivity index (χ1) is 15.1. The van der Waals surface area contributed by atoms with Gasteiger partial charge in [0.25, 0.3) is 5.91 Å². The quantitative estimate of drug-likeness (QED) is 0.546. The lowest BCUT2D eigenvalue weighted by Gasteiger charge is -2.42. The Kier molecular flexibility index (Phi) is 6.89. The van der Waals surface area contributed by atoms with E-state index in [4.69, 9.17) is 5.73 Å². The number of aromatic amines is 1. The molecule has 2 aliphatic rings. The first-order valence-electron chi connectivity index (χ1n) is 11.5. The number of nitrogens with two attached hydrogens (primary N) is 1. The number of carbonyl (C=O) groups excluding carboxylic acids is 2. The molecule has 0 spiro atoms. The smallest absolute Gasteiger partial charge is 0.268 e. The number of pyridine rings is 1. The topological polar surface area (TPSA) is 113 Å². The molecule has 0 radical (unpaired) electrons. The summed E-state index contributed by atoms with van der Waals surface area (Å²) in [5.41, 5.74) is 6.99. The zero-order valence-electron chi connectivity index (χ0n) is 18.0. The maximum absolute atomic E-state index is 13.1. The van der Waals surface area contributed by atoms with Gasteiger partial charge < -0.3 is 21.4 Å². The third-order valence-corrected chi connectivity index (χ3v) is 7.04. The summed E-state index contributed by atoms with van der Waals surface area (Å²) in [4.78, 5) is 32.9. The van der Waals surface area contributed by atoms with E-state index in [1.807, 2.05) is 6.07 Å². The summed E-state index contributed by atoms with van der Waals surface area (Å²) in [6.45, 7) is 0.359. The third-order valence-electron chi connectivity index (χ3n) is 7.04. The molecule has 0 aliphatic heterocycles. The number of H-pyrrole nitrogens is 1. The Morgan fingerprint density at radius 2 is 1.97 bits per heavy atom. The molecule has 7 nitrogen and oxygen atoms in total. The highest BCUT2D eigenvalue weighted by molar-refractivity contribution is 5.96. The second-order valence-electron chi connectivity index (χ2n) is 9.05. The summed E-state index contributed by atoms with van der Waals surface area (Å²) < 4.78 is 0. The first kappa shape index (κ1) is 21.4. The van der Waals surface area contributed by atoms with Crippen LogP contribution in [0.2, 0.25) is 0 Å². The third kappa shape index (κ3) is 5.46. The SMILES string of the molecule is Nc1ccc(CNC(=O)[C@H](CC2CCCC3CCCCC32)NC(=O)c2ccc[nH]2)cn1. The number of fused-ring (bicyclic) bond motifs is 1. The van der Waals surface area contributed by atoms with Crippen molar-refractivity contribution in [2.75, 3.05) is 5.73 Å². The van der Waals surface area contributed by atoms with Gasteiger partial charge in [0.1, 0.15) is 17.6 Å². The van der Waals surface area contributed by atoms with Crippen molar-refractivity contribution in [2.24, 2.45) is 17.8 Å². The van der Waals surface area contributed by atoms with Gasteiger partial charge in [0.05, 0.1) is 0 Å². The number of hydrogen-bond donors (Lipinski definition) is 4. The average Bonchev–Trinajstić information content (AvgIpc) is 3.33. The Hall–Kier alpha value is -2.83. The molecule has 4 atom stereocenters. The molecule has 2 saturated carbocycles. The maximum Gasteiger partial charge on any atom is 0.268 e. The number of rotatable bonds is 7. The summed E-state index contributed by atoms with van der Waals surface area (Å²) in [7, 11) is 0. The second-order valence-corrected chi connectivity index (χ2v) is 9.05. The van der Waals surface area contributed by atoms with Gasteiger partial charge in [-0.2, -0.15) is 0 Å². The number of nitrogen functional groups attached to an aromatic ring is 1. The lowest BCUT2D eigenvalue weighted by Crippen LogP contribution is -2.49. The number of nitrogens with one attached hydrogen (secondary N) is 3. The number of amides is 2. The maximum atomic E-state index is 13.1. The molecule has 4 rings (SSSR count). The summed E-state index contributed by atoms with van der Waals surface area (Å²) in [5.74, 6) is 2.02. The fourth-order valence-electron chi connectivity index (χ4n) is 5.46. The van der Waals surface area contributed by atoms with E-state index in [1.165, 1.54) is 38.5 Å². The largest absolute Gasteiger partial charge is 0.384 e. The van der Waals surface area contributed by atoms with Crippen LogP contribution in [0, 0.1) is 17.8 Å². The van der Waals surface area contributed by atoms with Crippen molar-refractivity contribution in [1.29, 1.82) is 0 Å². The normalized spacial score (nSPS) is 24.1. The van der Waals surface area contributed by atoms with Crippen LogP contribution in [0.1, 0.15) is 67.4 Å². The van der Waals surface area contributed by atoms with Crippen molar-refractivity contribution in [3.8, 4) is 0 Å². The van der Waals surface area contributed by atoms with Crippen LogP contribution in [0.15, 0.2) is 36.7 Å². The molecule has 0 bridgehead atoms. The van der Waals surface area contributed by atoms with E-state index >= 15 is 0 Å². The van der Waals surface area contributed by atoms with Gasteiger partial charge in [0.15, 0.2) is 0 Å². The van der Waals surface area contributed by atoms with Gasteiger partial charge in [-0.25, -0.2) is 4.98 Å². The van der Waals surface area contributed by atoms with Crippen LogP contribution < -0.4 is 16.4 Å². The van der Waals surface area contributed by atoms with Crippen LogP contribution in [0.3, 0.4) is 0 Å². The van der Waals surface area contributed by atoms with E-state index in [-0.39, 0.29) is 11.8 Å². The molecule has 0 aromatic carbocycles. The van der Waals surface area contributed by atoms with Crippen molar-refractivity contribution >= 4 is 17.6 Å². The summed E-state index contributed by atoms with van der Waals surface area (Å²) in [6.07, 6.45) is 12.9. The summed E-state index contributed by atoms with van der Waals surface area (Å²) in [6, 6.07) is 6.52. The Labute approximate surface area is 183 Å². The molecule has 31 heavy (non-hydrogen) atoms. The van der Waals surface area contributed by atoms with Crippen molar-refractivity contribution in [3.63, 3.8) is 0 Å². The van der Waals surface area contributed by atoms with Gasteiger partial charge >= 0.3 is 0 Å². The van der Waals surface area contributed by atoms with Gasteiger partial charge in [0.2, 0.25) is 5.91 Å². The minimum Gasteiger partial charge on any atom is -0.384 e. The molecule has 166 valence electrons. The van der Waals surface area contributed by atoms with E-state index in [1.54, 1.807) is 30.6 Å². The van der Waals surface area contributed by atoms with Crippen LogP contribution in [0.5, 0.6) is 0 Å². The summed E-state index contributed by atoms with van der Waals surface area (Å²) in [5, 5.41) is 5.98. The molecule has 2 fully saturated rings. The molecule has 2 heterocycles. The van der Waals surface area contributed by atoms with Crippen LogP contribution in [-0.4, -0.2) is 27.8 Å². The highest BCUT2D eigenvalue weighted by atomic mass is 16.2. The molecule has 7 heteroatoms. The van der Waals surface area contributed by atoms with Crippen molar-refractivity contribution in [1.82, 2.24) is 20.6 Å². The molecule has 3 unspecified atom stereocenters. The van der Waals surface area contributed by atoms with Crippen LogP contribution in [0.4, 0.5) is 5.82 Å². The highest BCUT2D eigenvalue weighted by Crippen LogP contribution is 2.45. The van der Waals surface area contributed by atoms with E-state index in [2.05, 4.69) is 20.6 Å². The number of nitrogens with zero attached hydrogens (tertiary/aromatic N) is 1. The molecule has 2 amide bonds. The van der Waals surface area contributed by atoms with E-state index in [0.717, 1.165) is 17.9 Å². The van der Waals surface area contributed by atoms with Crippen molar-refractivity contribution < 1.29 is 9.59 Å². The molecular weight excluding hydrogens is 390 g/mol. The monoisotopic (exact) mass is 423 g/mol. The predicted molar refractivity (Wildman–Crippen MR) is 120 cm³/mol. The molecule has 0 saturated heterocycles. The second kappa shape index (κ2) is 9.98. The number of aromatic nitrogens is 2. The van der Waals surface area contributed by atoms with Crippen LogP contribution in [-0.2, 0) is 11.3 Å². The lowest BCUT2D eigenvalue weighted by atomic mass is 9.64. The Morgan fingerprint density at radius 1 is 1.13 bits per heavy atom. The van der Waals surface area contributed by atoms with Gasteiger partial charge in [-0.1, -0.05) is 44.6 Å². The molecule has 2 aromatic rings. The van der Waals surface area contributed by atoms with Crippen molar-refractivity contribution in [2.45, 2.75) is 64.0 Å². The fraction of sp³-hybridized carbons (Fsp3) is 0.542.